The maximum absolute atomic E-state index is 13.0. The van der Waals surface area contributed by atoms with Crippen LogP contribution in [0.1, 0.15) is 25.8 Å². The molecule has 3 N–H and O–H groups in total. The Hall–Kier alpha value is -1.13. The first-order valence-corrected chi connectivity index (χ1v) is 6.23. The lowest BCUT2D eigenvalue weighted by Gasteiger charge is -2.24. The molecule has 3 nitrogen and oxygen atoms in total. The van der Waals surface area contributed by atoms with E-state index in [0.717, 1.165) is 5.56 Å². The highest BCUT2D eigenvalue weighted by atomic mass is 35.5. The van der Waals surface area contributed by atoms with Crippen LogP contribution in [0.15, 0.2) is 18.2 Å². The van der Waals surface area contributed by atoms with Crippen molar-refractivity contribution in [3.05, 3.63) is 34.6 Å². The Morgan fingerprint density at radius 1 is 1.56 bits per heavy atom. The van der Waals surface area contributed by atoms with E-state index in [0.29, 0.717) is 19.5 Å². The van der Waals surface area contributed by atoms with Crippen LogP contribution in [-0.4, -0.2) is 12.5 Å². The summed E-state index contributed by atoms with van der Waals surface area (Å²) in [4.78, 5) is 12.0. The SMILES string of the molecule is CCC(C)(CN)C(=O)NCc1ccc(F)c(Cl)c1. The Bertz CT molecular complexity index is 433. The molecule has 1 rings (SSSR count). The highest BCUT2D eigenvalue weighted by Crippen LogP contribution is 2.20. The second kappa shape index (κ2) is 6.16. The molecular formula is C13H18ClFN2O. The molecule has 100 valence electrons. The monoisotopic (exact) mass is 272 g/mol. The molecular weight excluding hydrogens is 255 g/mol. The molecule has 1 unspecified atom stereocenters. The lowest BCUT2D eigenvalue weighted by molar-refractivity contribution is -0.130. The largest absolute Gasteiger partial charge is 0.352 e. The van der Waals surface area contributed by atoms with Crippen LogP contribution in [0.2, 0.25) is 5.02 Å². The fourth-order valence-corrected chi connectivity index (χ4v) is 1.65. The van der Waals surface area contributed by atoms with Crippen molar-refractivity contribution in [3.63, 3.8) is 0 Å². The summed E-state index contributed by atoms with van der Waals surface area (Å²) in [5, 5.41) is 2.84. The van der Waals surface area contributed by atoms with Gasteiger partial charge in [-0.05, 0) is 31.0 Å². The summed E-state index contributed by atoms with van der Waals surface area (Å²) in [6.07, 6.45) is 0.666. The zero-order chi connectivity index (χ0) is 13.8. The Morgan fingerprint density at radius 2 is 2.22 bits per heavy atom. The molecule has 0 saturated carbocycles. The molecule has 1 aromatic carbocycles. The first kappa shape index (κ1) is 14.9. The van der Waals surface area contributed by atoms with Gasteiger partial charge in [0.1, 0.15) is 5.82 Å². The van der Waals surface area contributed by atoms with Crippen molar-refractivity contribution in [3.8, 4) is 0 Å². The Morgan fingerprint density at radius 3 is 2.72 bits per heavy atom. The number of rotatable bonds is 5. The number of hydrogen-bond acceptors (Lipinski definition) is 2. The summed E-state index contributed by atoms with van der Waals surface area (Å²) in [5.74, 6) is -0.569. The molecule has 0 aromatic heterocycles. The molecule has 5 heteroatoms. The van der Waals surface area contributed by atoms with Crippen molar-refractivity contribution in [2.75, 3.05) is 6.54 Å². The number of halogens is 2. The van der Waals surface area contributed by atoms with Gasteiger partial charge in [0.15, 0.2) is 0 Å². The average Bonchev–Trinajstić information content (AvgIpc) is 2.38. The van der Waals surface area contributed by atoms with Gasteiger partial charge in [-0.1, -0.05) is 24.6 Å². The molecule has 0 saturated heterocycles. The normalized spacial score (nSPS) is 14.1. The molecule has 18 heavy (non-hydrogen) atoms. The number of hydrogen-bond donors (Lipinski definition) is 2. The molecule has 1 aromatic rings. The maximum atomic E-state index is 13.0. The van der Waals surface area contributed by atoms with Crippen molar-refractivity contribution in [2.24, 2.45) is 11.1 Å². The number of carbonyl (C=O) groups excluding carboxylic acids is 1. The van der Waals surface area contributed by atoms with E-state index in [-0.39, 0.29) is 10.9 Å². The lowest BCUT2D eigenvalue weighted by Crippen LogP contribution is -2.43. The minimum absolute atomic E-state index is 0.0545. The van der Waals surface area contributed by atoms with E-state index in [1.54, 1.807) is 6.07 Å². The number of amides is 1. The highest BCUT2D eigenvalue weighted by molar-refractivity contribution is 6.30. The first-order chi connectivity index (χ1) is 8.42. The van der Waals surface area contributed by atoms with Crippen LogP contribution in [0.4, 0.5) is 4.39 Å². The van der Waals surface area contributed by atoms with Crippen molar-refractivity contribution < 1.29 is 9.18 Å². The summed E-state index contributed by atoms with van der Waals surface area (Å²) in [5.41, 5.74) is 5.79. The van der Waals surface area contributed by atoms with Gasteiger partial charge in [0.2, 0.25) is 5.91 Å². The van der Waals surface area contributed by atoms with Crippen LogP contribution in [0.5, 0.6) is 0 Å². The van der Waals surface area contributed by atoms with E-state index in [1.807, 2.05) is 13.8 Å². The molecule has 0 radical (unpaired) electrons. The van der Waals surface area contributed by atoms with Crippen LogP contribution in [0, 0.1) is 11.2 Å². The smallest absolute Gasteiger partial charge is 0.227 e. The van der Waals surface area contributed by atoms with E-state index < -0.39 is 11.2 Å². The van der Waals surface area contributed by atoms with Crippen LogP contribution >= 0.6 is 11.6 Å². The van der Waals surface area contributed by atoms with E-state index in [1.165, 1.54) is 12.1 Å². The number of nitrogens with two attached hydrogens (primary N) is 1. The summed E-state index contributed by atoms with van der Waals surface area (Å²) >= 11 is 5.67. The van der Waals surface area contributed by atoms with E-state index >= 15 is 0 Å². The summed E-state index contributed by atoms with van der Waals surface area (Å²) in [6.45, 7) is 4.34. The van der Waals surface area contributed by atoms with Gasteiger partial charge in [0.05, 0.1) is 10.4 Å². The quantitative estimate of drug-likeness (QED) is 0.865. The second-order valence-electron chi connectivity index (χ2n) is 4.55. The standard InChI is InChI=1S/C13H18ClFN2O/c1-3-13(2,8-16)12(18)17-7-9-4-5-11(15)10(14)6-9/h4-6H,3,7-8,16H2,1-2H3,(H,17,18). The predicted molar refractivity (Wildman–Crippen MR) is 70.7 cm³/mol. The molecule has 0 heterocycles. The fraction of sp³-hybridized carbons (Fsp3) is 0.462. The van der Waals surface area contributed by atoms with Crippen LogP contribution in [-0.2, 0) is 11.3 Å². The van der Waals surface area contributed by atoms with Gasteiger partial charge in [0.25, 0.3) is 0 Å². The Kier molecular flexibility index (Phi) is 5.11. The highest BCUT2D eigenvalue weighted by Gasteiger charge is 2.29. The van der Waals surface area contributed by atoms with E-state index in [2.05, 4.69) is 5.32 Å². The fourth-order valence-electron chi connectivity index (χ4n) is 1.44. The molecule has 0 aliphatic heterocycles. The lowest BCUT2D eigenvalue weighted by atomic mass is 9.86. The van der Waals surface area contributed by atoms with Crippen molar-refractivity contribution >= 4 is 17.5 Å². The third-order valence-corrected chi connectivity index (χ3v) is 3.51. The first-order valence-electron chi connectivity index (χ1n) is 5.85. The van der Waals surface area contributed by atoms with Gasteiger partial charge >= 0.3 is 0 Å². The molecule has 1 amide bonds. The van der Waals surface area contributed by atoms with Gasteiger partial charge < -0.3 is 11.1 Å². The average molecular weight is 273 g/mol. The minimum atomic E-state index is -0.566. The number of nitrogens with one attached hydrogen (secondary N) is 1. The maximum Gasteiger partial charge on any atom is 0.227 e. The van der Waals surface area contributed by atoms with Crippen LogP contribution in [0.3, 0.4) is 0 Å². The summed E-state index contributed by atoms with van der Waals surface area (Å²) in [7, 11) is 0. The zero-order valence-electron chi connectivity index (χ0n) is 10.6. The van der Waals surface area contributed by atoms with Crippen LogP contribution in [0.25, 0.3) is 0 Å². The van der Waals surface area contributed by atoms with Gasteiger partial charge in [-0.15, -0.1) is 0 Å². The molecule has 0 fully saturated rings. The van der Waals surface area contributed by atoms with Crippen molar-refractivity contribution in [2.45, 2.75) is 26.8 Å². The molecule has 1 atom stereocenters. The van der Waals surface area contributed by atoms with Gasteiger partial charge in [-0.3, -0.25) is 4.79 Å². The molecule has 0 bridgehead atoms. The molecule has 0 aliphatic rings. The van der Waals surface area contributed by atoms with Crippen LogP contribution < -0.4 is 11.1 Å². The summed E-state index contributed by atoms with van der Waals surface area (Å²) < 4.78 is 13.0. The van der Waals surface area contributed by atoms with Gasteiger partial charge in [-0.2, -0.15) is 0 Å². The molecule has 0 spiro atoms. The predicted octanol–water partition coefficient (Wildman–Crippen LogP) is 2.47. The van der Waals surface area contributed by atoms with Crippen molar-refractivity contribution in [1.29, 1.82) is 0 Å². The van der Waals surface area contributed by atoms with Gasteiger partial charge in [-0.25, -0.2) is 4.39 Å². The molecule has 0 aliphatic carbocycles. The third kappa shape index (κ3) is 3.43. The zero-order valence-corrected chi connectivity index (χ0v) is 11.4. The number of benzene rings is 1. The Labute approximate surface area is 112 Å². The Balaban J connectivity index is 2.65. The third-order valence-electron chi connectivity index (χ3n) is 3.22. The number of carbonyl (C=O) groups is 1. The van der Waals surface area contributed by atoms with Gasteiger partial charge in [0, 0.05) is 13.1 Å². The van der Waals surface area contributed by atoms with Crippen molar-refractivity contribution in [1.82, 2.24) is 5.32 Å². The van der Waals surface area contributed by atoms with E-state index in [4.69, 9.17) is 17.3 Å². The second-order valence-corrected chi connectivity index (χ2v) is 4.96. The van der Waals surface area contributed by atoms with E-state index in [9.17, 15) is 9.18 Å². The minimum Gasteiger partial charge on any atom is -0.352 e. The summed E-state index contributed by atoms with van der Waals surface area (Å²) in [6, 6.07) is 4.38. The topological polar surface area (TPSA) is 55.1 Å².